The smallest absolute Gasteiger partial charge is 0.433 e. The van der Waals surface area contributed by atoms with Crippen molar-refractivity contribution in [3.05, 3.63) is 70.2 Å². The number of halogens is 3. The Morgan fingerprint density at radius 3 is 2.64 bits per heavy atom. The highest BCUT2D eigenvalue weighted by Crippen LogP contribution is 2.38. The summed E-state index contributed by atoms with van der Waals surface area (Å²) in [6.07, 6.45) is -3.41. The topological polar surface area (TPSA) is 116 Å². The molecule has 1 unspecified atom stereocenters. The zero-order valence-electron chi connectivity index (χ0n) is 17.6. The number of benzene rings is 1. The Kier molecular flexibility index (Phi) is 6.81. The second-order valence-corrected chi connectivity index (χ2v) is 7.25. The number of Topliss-reactive ketones (excluding diaryl/α,β-unsaturated/α-hetero) is 1. The number of nitriles is 1. The van der Waals surface area contributed by atoms with Gasteiger partial charge in [-0.05, 0) is 36.2 Å². The summed E-state index contributed by atoms with van der Waals surface area (Å²) < 4.78 is 43.9. The molecule has 0 bridgehead atoms. The van der Waals surface area contributed by atoms with Crippen LogP contribution in [0.5, 0.6) is 0 Å². The van der Waals surface area contributed by atoms with Gasteiger partial charge >= 0.3 is 12.1 Å². The van der Waals surface area contributed by atoms with Crippen molar-refractivity contribution in [1.29, 1.82) is 5.26 Å². The molecule has 0 spiro atoms. The van der Waals surface area contributed by atoms with Gasteiger partial charge in [-0.3, -0.25) is 9.78 Å². The summed E-state index contributed by atoms with van der Waals surface area (Å²) in [5.41, 5.74) is -0.328. The van der Waals surface area contributed by atoms with Gasteiger partial charge in [0.05, 0.1) is 30.3 Å². The van der Waals surface area contributed by atoms with Crippen molar-refractivity contribution >= 4 is 17.4 Å². The maximum atomic E-state index is 13.0. The van der Waals surface area contributed by atoms with Gasteiger partial charge in [-0.15, -0.1) is 0 Å². The molecule has 8 nitrogen and oxygen atoms in total. The molecule has 1 aromatic heterocycles. The number of methoxy groups -OCH3 is 1. The number of nitrogens with one attached hydrogen (secondary N) is 1. The van der Waals surface area contributed by atoms with Crippen molar-refractivity contribution in [2.75, 3.05) is 19.5 Å². The standard InChI is InChI=1S/C22H19F3N4O4/c1-29(32)20(14-4-3-12(11-26)9-15(14)21(31)33-2)19-16(5-6-17(19)30)28-13-7-8-27-18(10-13)22(23,24)25/h3-4,7-10,20,32H,5-6H2,1-2H3,(H,27,28). The monoisotopic (exact) mass is 460 g/mol. The highest BCUT2D eigenvalue weighted by atomic mass is 19.4. The third kappa shape index (κ3) is 5.02. The van der Waals surface area contributed by atoms with Crippen molar-refractivity contribution < 1.29 is 32.7 Å². The second kappa shape index (κ2) is 9.40. The molecule has 2 N–H and O–H groups in total. The molecule has 3 rings (SSSR count). The van der Waals surface area contributed by atoms with E-state index >= 15 is 0 Å². The van der Waals surface area contributed by atoms with Gasteiger partial charge in [0.2, 0.25) is 0 Å². The average molecular weight is 460 g/mol. The van der Waals surface area contributed by atoms with Crippen LogP contribution < -0.4 is 5.32 Å². The first-order valence-corrected chi connectivity index (χ1v) is 9.67. The number of carbonyl (C=O) groups excluding carboxylic acids is 2. The summed E-state index contributed by atoms with van der Waals surface area (Å²) in [6, 6.07) is 7.02. The molecule has 0 saturated heterocycles. The third-order valence-corrected chi connectivity index (χ3v) is 5.10. The van der Waals surface area contributed by atoms with Crippen LogP contribution in [0, 0.1) is 11.3 Å². The van der Waals surface area contributed by atoms with Crippen molar-refractivity contribution in [1.82, 2.24) is 10.0 Å². The van der Waals surface area contributed by atoms with Gasteiger partial charge in [0, 0.05) is 36.6 Å². The number of nitrogens with zero attached hydrogens (tertiary/aromatic N) is 3. The molecular weight excluding hydrogens is 441 g/mol. The number of alkyl halides is 3. The van der Waals surface area contributed by atoms with Crippen molar-refractivity contribution in [3.63, 3.8) is 0 Å². The summed E-state index contributed by atoms with van der Waals surface area (Å²) in [5, 5.41) is 23.2. The van der Waals surface area contributed by atoms with Crippen LogP contribution >= 0.6 is 0 Å². The number of esters is 1. The van der Waals surface area contributed by atoms with Gasteiger partial charge in [0.25, 0.3) is 0 Å². The van der Waals surface area contributed by atoms with E-state index < -0.39 is 23.9 Å². The number of carbonyl (C=O) groups is 2. The van der Waals surface area contributed by atoms with Crippen molar-refractivity contribution in [3.8, 4) is 6.07 Å². The maximum absolute atomic E-state index is 13.0. The molecule has 1 heterocycles. The lowest BCUT2D eigenvalue weighted by molar-refractivity contribution is -0.141. The maximum Gasteiger partial charge on any atom is 0.433 e. The number of rotatable bonds is 6. The van der Waals surface area contributed by atoms with E-state index in [9.17, 15) is 33.2 Å². The summed E-state index contributed by atoms with van der Waals surface area (Å²) >= 11 is 0. The van der Waals surface area contributed by atoms with Gasteiger partial charge in [0.1, 0.15) is 5.69 Å². The molecule has 0 fully saturated rings. The first-order chi connectivity index (χ1) is 15.6. The Bertz CT molecular complexity index is 1170. The van der Waals surface area contributed by atoms with Crippen molar-refractivity contribution in [2.24, 2.45) is 0 Å². The number of hydrogen-bond donors (Lipinski definition) is 2. The Labute approximate surface area is 186 Å². The van der Waals surface area contributed by atoms with Gasteiger partial charge in [-0.2, -0.15) is 23.5 Å². The zero-order valence-corrected chi connectivity index (χ0v) is 17.6. The first-order valence-electron chi connectivity index (χ1n) is 9.67. The van der Waals surface area contributed by atoms with Crippen LogP contribution in [0.15, 0.2) is 47.8 Å². The fourth-order valence-electron chi connectivity index (χ4n) is 3.66. The third-order valence-electron chi connectivity index (χ3n) is 5.10. The average Bonchev–Trinajstić information content (AvgIpc) is 3.12. The molecular formula is C22H19F3N4O4. The molecule has 1 aliphatic rings. The SMILES string of the molecule is COC(=O)c1cc(C#N)ccc1C(C1=C(Nc2ccnc(C(F)(F)F)c2)CCC1=O)N(C)O. The van der Waals surface area contributed by atoms with Crippen LogP contribution in [0.25, 0.3) is 0 Å². The van der Waals surface area contributed by atoms with Crippen LogP contribution in [-0.4, -0.2) is 41.2 Å². The second-order valence-electron chi connectivity index (χ2n) is 7.25. The molecule has 2 aromatic rings. The number of hydrogen-bond acceptors (Lipinski definition) is 8. The number of ketones is 1. The molecule has 0 radical (unpaired) electrons. The van der Waals surface area contributed by atoms with Gasteiger partial charge < -0.3 is 15.3 Å². The predicted octanol–water partition coefficient (Wildman–Crippen LogP) is 3.85. The fraction of sp³-hybridized carbons (Fsp3) is 0.273. The summed E-state index contributed by atoms with van der Waals surface area (Å²) in [4.78, 5) is 28.5. The molecule has 1 atom stereocenters. The Morgan fingerprint density at radius 2 is 2.03 bits per heavy atom. The zero-order chi connectivity index (χ0) is 24.3. The van der Waals surface area contributed by atoms with Gasteiger partial charge in [-0.25, -0.2) is 4.79 Å². The summed E-state index contributed by atoms with van der Waals surface area (Å²) in [7, 11) is 2.42. The molecule has 0 amide bonds. The molecule has 172 valence electrons. The van der Waals surface area contributed by atoms with Gasteiger partial charge in [-0.1, -0.05) is 6.07 Å². The van der Waals surface area contributed by atoms with Crippen LogP contribution in [0.2, 0.25) is 0 Å². The minimum Gasteiger partial charge on any atom is -0.465 e. The Balaban J connectivity index is 2.12. The highest BCUT2D eigenvalue weighted by Gasteiger charge is 2.36. The molecule has 11 heteroatoms. The molecule has 1 aromatic carbocycles. The van der Waals surface area contributed by atoms with Crippen LogP contribution in [-0.2, 0) is 15.7 Å². The van der Waals surface area contributed by atoms with E-state index in [4.69, 9.17) is 4.74 Å². The van der Waals surface area contributed by atoms with E-state index in [1.165, 1.54) is 31.3 Å². The number of allylic oxidation sites excluding steroid dienone is 1. The summed E-state index contributed by atoms with van der Waals surface area (Å²) in [6.45, 7) is 0. The van der Waals surface area contributed by atoms with Crippen molar-refractivity contribution in [2.45, 2.75) is 25.1 Å². The number of ether oxygens (including phenoxy) is 1. The molecule has 0 aliphatic heterocycles. The van der Waals surface area contributed by atoms with Crippen LogP contribution in [0.3, 0.4) is 0 Å². The number of aromatic nitrogens is 1. The normalized spacial score (nSPS) is 14.9. The Morgan fingerprint density at radius 1 is 1.30 bits per heavy atom. The van der Waals surface area contributed by atoms with Crippen LogP contribution in [0.4, 0.5) is 18.9 Å². The van der Waals surface area contributed by atoms with E-state index in [1.54, 1.807) is 0 Å². The first kappa shape index (κ1) is 23.9. The predicted molar refractivity (Wildman–Crippen MR) is 109 cm³/mol. The fourth-order valence-corrected chi connectivity index (χ4v) is 3.66. The van der Waals surface area contributed by atoms with E-state index in [1.807, 2.05) is 6.07 Å². The summed E-state index contributed by atoms with van der Waals surface area (Å²) in [5.74, 6) is -1.13. The Hall–Kier alpha value is -3.75. The minimum absolute atomic E-state index is 0.0303. The lowest BCUT2D eigenvalue weighted by Gasteiger charge is -2.27. The minimum atomic E-state index is -4.65. The van der Waals surface area contributed by atoms with Gasteiger partial charge in [0.15, 0.2) is 5.78 Å². The van der Waals surface area contributed by atoms with E-state index in [2.05, 4.69) is 10.3 Å². The highest BCUT2D eigenvalue weighted by molar-refractivity contribution is 6.01. The number of anilines is 1. The lowest BCUT2D eigenvalue weighted by Crippen LogP contribution is -2.28. The van der Waals surface area contributed by atoms with E-state index in [-0.39, 0.29) is 46.6 Å². The molecule has 1 aliphatic carbocycles. The number of likely N-dealkylation sites (N-methyl/N-ethyl adjacent to an activating group) is 1. The molecule has 33 heavy (non-hydrogen) atoms. The van der Waals surface area contributed by atoms with E-state index in [0.717, 1.165) is 24.4 Å². The lowest BCUT2D eigenvalue weighted by atomic mass is 9.91. The quantitative estimate of drug-likeness (QED) is 0.493. The number of pyridine rings is 1. The van der Waals surface area contributed by atoms with E-state index in [0.29, 0.717) is 5.70 Å². The molecule has 0 saturated carbocycles. The largest absolute Gasteiger partial charge is 0.465 e. The number of hydroxylamine groups is 2. The van der Waals surface area contributed by atoms with Crippen LogP contribution in [0.1, 0.15) is 46.1 Å².